The molecule has 3 heterocycles. The van der Waals surface area contributed by atoms with Crippen LogP contribution < -0.4 is 0 Å². The lowest BCUT2D eigenvalue weighted by atomic mass is 9.93. The van der Waals surface area contributed by atoms with Gasteiger partial charge in [-0.15, -0.1) is 11.3 Å². The number of thiophene rings is 1. The Morgan fingerprint density at radius 2 is 0.855 bits per heavy atom. The number of aromatic nitrogens is 4. The Morgan fingerprint density at radius 1 is 0.323 bits per heavy atom. The van der Waals surface area contributed by atoms with Crippen LogP contribution in [0.3, 0.4) is 0 Å². The minimum absolute atomic E-state index is 0.620. The summed E-state index contributed by atoms with van der Waals surface area (Å²) in [7, 11) is 0. The van der Waals surface area contributed by atoms with Gasteiger partial charge in [0.2, 0.25) is 0 Å². The van der Waals surface area contributed by atoms with E-state index in [1.165, 1.54) is 48.0 Å². The molecule has 5 heteroatoms. The number of nitrogens with zero attached hydrogens (tertiary/aromatic N) is 4. The monoisotopic (exact) mass is 808 g/mol. The molecular weight excluding hydrogens is 773 g/mol. The van der Waals surface area contributed by atoms with E-state index in [0.29, 0.717) is 17.5 Å². The number of rotatable bonds is 7. The minimum Gasteiger partial charge on any atom is -0.309 e. The lowest BCUT2D eigenvalue weighted by Crippen LogP contribution is -2.02. The van der Waals surface area contributed by atoms with Crippen molar-refractivity contribution in [3.8, 4) is 73.2 Å². The fraction of sp³-hybridized carbons (Fsp3) is 0. The largest absolute Gasteiger partial charge is 0.309 e. The van der Waals surface area contributed by atoms with E-state index in [4.69, 9.17) is 15.0 Å². The van der Waals surface area contributed by atoms with Gasteiger partial charge in [0.25, 0.3) is 0 Å². The maximum atomic E-state index is 5.52. The Morgan fingerprint density at radius 3 is 1.55 bits per heavy atom. The second-order valence-electron chi connectivity index (χ2n) is 15.5. The first-order valence-corrected chi connectivity index (χ1v) is 21.7. The van der Waals surface area contributed by atoms with Crippen LogP contribution in [-0.4, -0.2) is 19.5 Å². The van der Waals surface area contributed by atoms with E-state index >= 15 is 0 Å². The Hall–Kier alpha value is -7.99. The summed E-state index contributed by atoms with van der Waals surface area (Å²) in [5.41, 5.74) is 13.2. The van der Waals surface area contributed by atoms with E-state index in [1.54, 1.807) is 0 Å². The maximum Gasteiger partial charge on any atom is 0.166 e. The fourth-order valence-corrected chi connectivity index (χ4v) is 10.4. The third kappa shape index (κ3) is 6.01. The smallest absolute Gasteiger partial charge is 0.166 e. The predicted octanol–water partition coefficient (Wildman–Crippen LogP) is 15.3. The summed E-state index contributed by atoms with van der Waals surface area (Å²) in [4.78, 5) is 16.2. The molecule has 0 N–H and O–H groups in total. The van der Waals surface area contributed by atoms with Crippen LogP contribution >= 0.6 is 11.3 Å². The van der Waals surface area contributed by atoms with Crippen molar-refractivity contribution in [2.45, 2.75) is 0 Å². The summed E-state index contributed by atoms with van der Waals surface area (Å²) in [6.45, 7) is 0. The molecule has 3 aromatic heterocycles. The molecule has 0 aliphatic rings. The first-order chi connectivity index (χ1) is 30.8. The highest BCUT2D eigenvalue weighted by atomic mass is 32.1. The standard InChI is InChI=1S/C57H36N4S/c1-6-19-37(20-7-1)41-35-48(39-23-10-3-11-24-39)53-49(36-41)51-46(34-33-43(54(51)62-53)38-21-8-2-9-22-38)56-58-55(40-25-12-4-13-26-40)59-57(60-56)47-31-18-30-45-44-29-16-17-32-50(44)61(52(45)47)42-27-14-5-15-28-42/h1-36H. The third-order valence-electron chi connectivity index (χ3n) is 11.9. The van der Waals surface area contributed by atoms with Gasteiger partial charge in [-0.1, -0.05) is 176 Å². The molecule has 0 bridgehead atoms. The van der Waals surface area contributed by atoms with Crippen molar-refractivity contribution in [1.82, 2.24) is 19.5 Å². The molecule has 0 aliphatic heterocycles. The van der Waals surface area contributed by atoms with Gasteiger partial charge < -0.3 is 4.57 Å². The molecule has 0 radical (unpaired) electrons. The third-order valence-corrected chi connectivity index (χ3v) is 13.1. The number of fused-ring (bicyclic) bond motifs is 6. The first kappa shape index (κ1) is 35.9. The Labute approximate surface area is 362 Å². The molecule has 9 aromatic carbocycles. The van der Waals surface area contributed by atoms with Gasteiger partial charge in [-0.2, -0.15) is 0 Å². The first-order valence-electron chi connectivity index (χ1n) is 20.9. The van der Waals surface area contributed by atoms with Gasteiger partial charge in [0, 0.05) is 58.9 Å². The highest BCUT2D eigenvalue weighted by Crippen LogP contribution is 2.49. The van der Waals surface area contributed by atoms with Crippen molar-refractivity contribution in [1.29, 1.82) is 0 Å². The van der Waals surface area contributed by atoms with Gasteiger partial charge >= 0.3 is 0 Å². The fourth-order valence-electron chi connectivity index (χ4n) is 9.02. The number of benzene rings is 9. The summed E-state index contributed by atoms with van der Waals surface area (Å²) < 4.78 is 4.77. The predicted molar refractivity (Wildman–Crippen MR) is 260 cm³/mol. The zero-order valence-electron chi connectivity index (χ0n) is 33.5. The van der Waals surface area contributed by atoms with Gasteiger partial charge in [-0.05, 0) is 70.3 Å². The van der Waals surface area contributed by atoms with Crippen molar-refractivity contribution < 1.29 is 0 Å². The quantitative estimate of drug-likeness (QED) is 0.161. The second-order valence-corrected chi connectivity index (χ2v) is 16.5. The van der Waals surface area contributed by atoms with E-state index in [-0.39, 0.29) is 0 Å². The van der Waals surface area contributed by atoms with Crippen LogP contribution in [0.1, 0.15) is 0 Å². The molecule has 4 nitrogen and oxygen atoms in total. The molecule has 0 amide bonds. The van der Waals surface area contributed by atoms with Gasteiger partial charge in [-0.3, -0.25) is 0 Å². The molecular formula is C57H36N4S. The van der Waals surface area contributed by atoms with Crippen LogP contribution in [0.5, 0.6) is 0 Å². The van der Waals surface area contributed by atoms with Crippen LogP contribution in [0, 0.1) is 0 Å². The maximum absolute atomic E-state index is 5.52. The Balaban J connectivity index is 1.19. The van der Waals surface area contributed by atoms with Crippen molar-refractivity contribution in [2.75, 3.05) is 0 Å². The Kier molecular flexibility index (Phi) is 8.65. The number of hydrogen-bond acceptors (Lipinski definition) is 4. The van der Waals surface area contributed by atoms with E-state index < -0.39 is 0 Å². The normalized spacial score (nSPS) is 11.5. The van der Waals surface area contributed by atoms with Crippen LogP contribution in [0.15, 0.2) is 218 Å². The van der Waals surface area contributed by atoms with Crippen molar-refractivity contribution in [3.63, 3.8) is 0 Å². The molecule has 0 aliphatic carbocycles. The van der Waals surface area contributed by atoms with Crippen molar-refractivity contribution in [2.24, 2.45) is 0 Å². The molecule has 0 unspecified atom stereocenters. The summed E-state index contributed by atoms with van der Waals surface area (Å²) in [5, 5.41) is 4.63. The summed E-state index contributed by atoms with van der Waals surface area (Å²) in [6.07, 6.45) is 0. The van der Waals surface area contributed by atoms with E-state index in [0.717, 1.165) is 49.7 Å². The molecule has 0 saturated heterocycles. The average Bonchev–Trinajstić information content (AvgIpc) is 3.91. The molecule has 62 heavy (non-hydrogen) atoms. The van der Waals surface area contributed by atoms with Crippen LogP contribution in [0.4, 0.5) is 0 Å². The number of hydrogen-bond donors (Lipinski definition) is 0. The molecule has 0 saturated carbocycles. The molecule has 0 atom stereocenters. The Bertz CT molecular complexity index is 3600. The van der Waals surface area contributed by atoms with Crippen LogP contribution in [0.2, 0.25) is 0 Å². The van der Waals surface area contributed by atoms with Crippen LogP contribution in [0.25, 0.3) is 115 Å². The average molecular weight is 809 g/mol. The highest BCUT2D eigenvalue weighted by Gasteiger charge is 2.24. The molecule has 12 rings (SSSR count). The SMILES string of the molecule is c1ccc(-c2cc(-c3ccccc3)c3sc4c(-c5ccccc5)ccc(-c5nc(-c6ccccc6)nc(-c6cccc7c8ccccc8n(-c8ccccc8)c67)n5)c4c3c2)cc1. The van der Waals surface area contributed by atoms with Gasteiger partial charge in [0.05, 0.1) is 11.0 Å². The van der Waals surface area contributed by atoms with E-state index in [2.05, 4.69) is 205 Å². The minimum atomic E-state index is 0.620. The van der Waals surface area contributed by atoms with Gasteiger partial charge in [-0.25, -0.2) is 15.0 Å². The van der Waals surface area contributed by atoms with E-state index in [9.17, 15) is 0 Å². The van der Waals surface area contributed by atoms with E-state index in [1.807, 2.05) is 29.5 Å². The molecule has 0 spiro atoms. The summed E-state index contributed by atoms with van der Waals surface area (Å²) in [5.74, 6) is 1.87. The zero-order chi connectivity index (χ0) is 41.0. The van der Waals surface area contributed by atoms with Gasteiger partial charge in [0.15, 0.2) is 17.5 Å². The van der Waals surface area contributed by atoms with Crippen LogP contribution in [-0.2, 0) is 0 Å². The second kappa shape index (κ2) is 14.9. The lowest BCUT2D eigenvalue weighted by Gasteiger charge is -2.14. The number of para-hydroxylation sites is 3. The lowest BCUT2D eigenvalue weighted by molar-refractivity contribution is 1.07. The molecule has 290 valence electrons. The zero-order valence-corrected chi connectivity index (χ0v) is 34.3. The molecule has 12 aromatic rings. The highest BCUT2D eigenvalue weighted by molar-refractivity contribution is 7.27. The molecule has 0 fully saturated rings. The van der Waals surface area contributed by atoms with Gasteiger partial charge in [0.1, 0.15) is 0 Å². The van der Waals surface area contributed by atoms with Crippen molar-refractivity contribution >= 4 is 53.3 Å². The summed E-state index contributed by atoms with van der Waals surface area (Å²) >= 11 is 1.85. The summed E-state index contributed by atoms with van der Waals surface area (Å²) in [6, 6.07) is 77.3. The van der Waals surface area contributed by atoms with Crippen molar-refractivity contribution in [3.05, 3.63) is 218 Å². The topological polar surface area (TPSA) is 43.6 Å².